The third-order valence-electron chi connectivity index (χ3n) is 5.38. The molecule has 1 aromatic carbocycles. The van der Waals surface area contributed by atoms with Gasteiger partial charge in [0.1, 0.15) is 11.6 Å². The first-order valence-corrected chi connectivity index (χ1v) is 9.56. The molecule has 2 aromatic rings. The Morgan fingerprint density at radius 3 is 2.40 bits per heavy atom. The highest BCUT2D eigenvalue weighted by Crippen LogP contribution is 2.33. The summed E-state index contributed by atoms with van der Waals surface area (Å²) in [6.45, 7) is 4.00. The minimum Gasteiger partial charge on any atom is -0.354 e. The van der Waals surface area contributed by atoms with E-state index in [2.05, 4.69) is 16.3 Å². The van der Waals surface area contributed by atoms with Gasteiger partial charge in [-0.05, 0) is 60.6 Å². The van der Waals surface area contributed by atoms with Gasteiger partial charge in [-0.15, -0.1) is 0 Å². The topological polar surface area (TPSA) is 28.2 Å². The summed E-state index contributed by atoms with van der Waals surface area (Å²) in [5.41, 5.74) is 5.00. The van der Waals surface area contributed by atoms with Crippen molar-refractivity contribution >= 4 is 5.82 Å². The molecule has 0 saturated carbocycles. The average Bonchev–Trinajstić information content (AvgIpc) is 2.63. The molecule has 1 saturated heterocycles. The van der Waals surface area contributed by atoms with Gasteiger partial charge >= 0.3 is 0 Å². The van der Waals surface area contributed by atoms with Crippen molar-refractivity contribution in [3.63, 3.8) is 0 Å². The van der Waals surface area contributed by atoms with Crippen LogP contribution < -0.4 is 10.2 Å². The maximum atomic E-state index is 13.4. The molecule has 4 heteroatoms. The summed E-state index contributed by atoms with van der Waals surface area (Å²) < 4.78 is 13.4. The monoisotopic (exact) mass is 339 g/mol. The molecule has 0 atom stereocenters. The van der Waals surface area contributed by atoms with Crippen molar-refractivity contribution < 1.29 is 4.39 Å². The average molecular weight is 339 g/mol. The van der Waals surface area contributed by atoms with Gasteiger partial charge in [0, 0.05) is 31.9 Å². The Morgan fingerprint density at radius 1 is 0.920 bits per heavy atom. The molecule has 1 aliphatic heterocycles. The van der Waals surface area contributed by atoms with Gasteiger partial charge in [0.05, 0.1) is 0 Å². The molecule has 0 spiro atoms. The quantitative estimate of drug-likeness (QED) is 0.898. The van der Waals surface area contributed by atoms with E-state index in [0.29, 0.717) is 0 Å². The van der Waals surface area contributed by atoms with Gasteiger partial charge < -0.3 is 10.2 Å². The number of fused-ring (bicyclic) bond motifs is 1. The number of benzene rings is 1. The molecule has 0 amide bonds. The molecule has 0 bridgehead atoms. The third kappa shape index (κ3) is 3.69. The van der Waals surface area contributed by atoms with E-state index in [1.807, 2.05) is 12.1 Å². The summed E-state index contributed by atoms with van der Waals surface area (Å²) in [7, 11) is 0. The Kier molecular flexibility index (Phi) is 4.97. The highest BCUT2D eigenvalue weighted by Gasteiger charge is 2.19. The van der Waals surface area contributed by atoms with Crippen LogP contribution in [0.15, 0.2) is 30.3 Å². The molecule has 0 unspecified atom stereocenters. The van der Waals surface area contributed by atoms with Crippen molar-refractivity contribution in [3.05, 3.63) is 47.4 Å². The first-order valence-electron chi connectivity index (χ1n) is 9.56. The van der Waals surface area contributed by atoms with Crippen molar-refractivity contribution in [2.45, 2.75) is 38.5 Å². The van der Waals surface area contributed by atoms with Gasteiger partial charge in [-0.1, -0.05) is 25.0 Å². The summed E-state index contributed by atoms with van der Waals surface area (Å²) in [6, 6.07) is 9.18. The van der Waals surface area contributed by atoms with E-state index in [9.17, 15) is 4.39 Å². The number of aryl methyl sites for hydroxylation is 1. The highest BCUT2D eigenvalue weighted by atomic mass is 19.1. The number of piperazine rings is 1. The summed E-state index contributed by atoms with van der Waals surface area (Å²) >= 11 is 0. The lowest BCUT2D eigenvalue weighted by atomic mass is 9.90. The van der Waals surface area contributed by atoms with E-state index in [4.69, 9.17) is 4.98 Å². The lowest BCUT2D eigenvalue weighted by Crippen LogP contribution is -2.44. The van der Waals surface area contributed by atoms with Gasteiger partial charge in [0.2, 0.25) is 0 Å². The minimum atomic E-state index is -0.178. The zero-order chi connectivity index (χ0) is 17.1. The molecule has 25 heavy (non-hydrogen) atoms. The number of aromatic nitrogens is 1. The molecule has 2 aliphatic rings. The molecular weight excluding hydrogens is 313 g/mol. The molecule has 1 N–H and O–H groups in total. The summed E-state index contributed by atoms with van der Waals surface area (Å²) in [4.78, 5) is 7.44. The fraction of sp³-hybridized carbons (Fsp3) is 0.476. The largest absolute Gasteiger partial charge is 0.354 e. The van der Waals surface area contributed by atoms with E-state index in [1.165, 1.54) is 42.5 Å². The zero-order valence-corrected chi connectivity index (χ0v) is 14.7. The van der Waals surface area contributed by atoms with Crippen molar-refractivity contribution in [3.8, 4) is 11.1 Å². The third-order valence-corrected chi connectivity index (χ3v) is 5.38. The molecule has 0 radical (unpaired) electrons. The van der Waals surface area contributed by atoms with Crippen LogP contribution in [0.5, 0.6) is 0 Å². The summed E-state index contributed by atoms with van der Waals surface area (Å²) in [6.07, 6.45) is 7.16. The van der Waals surface area contributed by atoms with Crippen LogP contribution in [0.3, 0.4) is 0 Å². The highest BCUT2D eigenvalue weighted by molar-refractivity contribution is 5.71. The first-order chi connectivity index (χ1) is 12.3. The molecular formula is C21H26FN3. The van der Waals surface area contributed by atoms with Crippen molar-refractivity contribution in [2.24, 2.45) is 0 Å². The van der Waals surface area contributed by atoms with E-state index >= 15 is 0 Å². The van der Waals surface area contributed by atoms with Crippen molar-refractivity contribution in [1.29, 1.82) is 0 Å². The number of hydrogen-bond donors (Lipinski definition) is 1. The van der Waals surface area contributed by atoms with Crippen LogP contribution in [-0.2, 0) is 12.8 Å². The Balaban J connectivity index is 1.80. The van der Waals surface area contributed by atoms with E-state index in [0.717, 1.165) is 50.4 Å². The molecule has 1 fully saturated rings. The first kappa shape index (κ1) is 16.5. The van der Waals surface area contributed by atoms with Crippen molar-refractivity contribution in [2.75, 3.05) is 31.1 Å². The minimum absolute atomic E-state index is 0.178. The second kappa shape index (κ2) is 7.52. The maximum absolute atomic E-state index is 13.4. The standard InChI is InChI=1S/C21H26FN3/c22-17-9-7-16(8-10-17)19-15-21(25-13-11-23-12-14-25)24-20-6-4-2-1-3-5-18(19)20/h7-10,15,23H,1-6,11-14H2. The number of nitrogens with one attached hydrogen (secondary N) is 1. The number of nitrogens with zero attached hydrogens (tertiary/aromatic N) is 2. The van der Waals surface area contributed by atoms with E-state index in [-0.39, 0.29) is 5.82 Å². The van der Waals surface area contributed by atoms with E-state index < -0.39 is 0 Å². The zero-order valence-electron chi connectivity index (χ0n) is 14.7. The van der Waals surface area contributed by atoms with Gasteiger partial charge in [-0.2, -0.15) is 0 Å². The molecule has 4 rings (SSSR count). The van der Waals surface area contributed by atoms with E-state index in [1.54, 1.807) is 12.1 Å². The fourth-order valence-corrected chi connectivity index (χ4v) is 3.99. The Morgan fingerprint density at radius 2 is 1.64 bits per heavy atom. The van der Waals surface area contributed by atoms with Gasteiger partial charge in [-0.25, -0.2) is 9.37 Å². The predicted octanol–water partition coefficient (Wildman–Crippen LogP) is 3.96. The van der Waals surface area contributed by atoms with Gasteiger partial charge in [-0.3, -0.25) is 0 Å². The second-order valence-corrected chi connectivity index (χ2v) is 7.11. The second-order valence-electron chi connectivity index (χ2n) is 7.11. The molecule has 3 nitrogen and oxygen atoms in total. The van der Waals surface area contributed by atoms with Gasteiger partial charge in [0.15, 0.2) is 0 Å². The maximum Gasteiger partial charge on any atom is 0.129 e. The number of anilines is 1. The van der Waals surface area contributed by atoms with Gasteiger partial charge in [0.25, 0.3) is 0 Å². The fourth-order valence-electron chi connectivity index (χ4n) is 3.99. The Bertz CT molecular complexity index is 721. The van der Waals surface area contributed by atoms with Crippen LogP contribution in [0.25, 0.3) is 11.1 Å². The van der Waals surface area contributed by atoms with Crippen LogP contribution in [0, 0.1) is 5.82 Å². The lowest BCUT2D eigenvalue weighted by Gasteiger charge is -2.30. The van der Waals surface area contributed by atoms with Crippen molar-refractivity contribution in [1.82, 2.24) is 10.3 Å². The predicted molar refractivity (Wildman–Crippen MR) is 101 cm³/mol. The van der Waals surface area contributed by atoms with Crippen LogP contribution in [0.2, 0.25) is 0 Å². The Hall–Kier alpha value is -1.94. The molecule has 132 valence electrons. The number of pyridine rings is 1. The molecule has 1 aliphatic carbocycles. The molecule has 2 heterocycles. The lowest BCUT2D eigenvalue weighted by molar-refractivity contribution is 0.580. The van der Waals surface area contributed by atoms with Crippen LogP contribution in [0.1, 0.15) is 36.9 Å². The summed E-state index contributed by atoms with van der Waals surface area (Å²) in [5.74, 6) is 0.906. The Labute approximate surface area is 149 Å². The summed E-state index contributed by atoms with van der Waals surface area (Å²) in [5, 5.41) is 3.41. The smallest absolute Gasteiger partial charge is 0.129 e. The number of rotatable bonds is 2. The molecule has 1 aromatic heterocycles. The normalized spacial score (nSPS) is 18.4. The van der Waals surface area contributed by atoms with Crippen LogP contribution >= 0.6 is 0 Å². The van der Waals surface area contributed by atoms with Crippen LogP contribution in [-0.4, -0.2) is 31.2 Å². The SMILES string of the molecule is Fc1ccc(-c2cc(N3CCNCC3)nc3c2CCCCCC3)cc1. The number of hydrogen-bond acceptors (Lipinski definition) is 3. The number of halogens is 1. The van der Waals surface area contributed by atoms with Crippen LogP contribution in [0.4, 0.5) is 10.2 Å².